The van der Waals surface area contributed by atoms with Crippen molar-refractivity contribution < 1.29 is 29.2 Å². The monoisotopic (exact) mass is 682 g/mol. The number of hydrogen-bond acceptors (Lipinski definition) is 5. The quantitative estimate of drug-likeness (QED) is 0.0532. The first-order chi connectivity index (χ1) is 23.4. The van der Waals surface area contributed by atoms with E-state index in [1.54, 1.807) is 4.90 Å². The van der Waals surface area contributed by atoms with Crippen LogP contribution in [0, 0.1) is 17.8 Å². The Balaban J connectivity index is 5.15. The van der Waals surface area contributed by atoms with Gasteiger partial charge in [0.2, 0.25) is 5.91 Å². The van der Waals surface area contributed by atoms with Gasteiger partial charge in [0.05, 0.1) is 44.4 Å². The number of carbonyl (C=O) groups is 3. The number of amides is 1. The number of carbonyl (C=O) groups excluding carboxylic acids is 3. The molecule has 0 saturated carbocycles. The molecule has 0 aliphatic rings. The van der Waals surface area contributed by atoms with Crippen LogP contribution in [0.15, 0.2) is 0 Å². The van der Waals surface area contributed by atoms with Gasteiger partial charge in [-0.15, -0.1) is 0 Å². The number of esters is 2. The zero-order valence-electron chi connectivity index (χ0n) is 32.8. The zero-order valence-corrected chi connectivity index (χ0v) is 32.8. The molecule has 0 bridgehead atoms. The minimum absolute atomic E-state index is 0.0200. The first-order valence-electron chi connectivity index (χ1n) is 20.8. The summed E-state index contributed by atoms with van der Waals surface area (Å²) >= 11 is 0. The van der Waals surface area contributed by atoms with E-state index in [9.17, 15) is 14.4 Å². The van der Waals surface area contributed by atoms with Crippen molar-refractivity contribution in [3.63, 3.8) is 0 Å². The van der Waals surface area contributed by atoms with Gasteiger partial charge in [0.15, 0.2) is 0 Å². The molecule has 7 heteroatoms. The lowest BCUT2D eigenvalue weighted by Crippen LogP contribution is -2.81. The molecule has 0 rings (SSSR count). The number of nitrogens with two attached hydrogens (primary N) is 1. The molecule has 0 aliphatic carbocycles. The standard InChI is InChI=1S/C41H80N2O5/c1-7-11-15-19-21-25-29-37(27-23-17-13-9-3)40(45)47-33-31-43(39(44)36(5)35-42-6)32-34-48-41(46)38(28-24-18-14-10-4)30-26-22-20-16-12-8-2/h36-38,42H,7-35H2,1-6H3/p+1. The summed E-state index contributed by atoms with van der Waals surface area (Å²) in [6, 6.07) is 0. The van der Waals surface area contributed by atoms with E-state index in [1.807, 2.05) is 19.3 Å². The highest BCUT2D eigenvalue weighted by Crippen LogP contribution is 2.22. The summed E-state index contributed by atoms with van der Waals surface area (Å²) in [6.07, 6.45) is 27.3. The third-order valence-electron chi connectivity index (χ3n) is 9.82. The van der Waals surface area contributed by atoms with Gasteiger partial charge < -0.3 is 19.7 Å². The second-order valence-electron chi connectivity index (χ2n) is 14.4. The number of unbranched alkanes of at least 4 members (excludes halogenated alkanes) is 16. The largest absolute Gasteiger partial charge is 0.464 e. The summed E-state index contributed by atoms with van der Waals surface area (Å²) < 4.78 is 11.7. The lowest BCUT2D eigenvalue weighted by molar-refractivity contribution is -0.630. The fourth-order valence-electron chi connectivity index (χ4n) is 6.58. The predicted octanol–water partition coefficient (Wildman–Crippen LogP) is 9.41. The summed E-state index contributed by atoms with van der Waals surface area (Å²) in [4.78, 5) is 41.6. The Morgan fingerprint density at radius 3 is 1.17 bits per heavy atom. The van der Waals surface area contributed by atoms with Gasteiger partial charge in [-0.1, -0.05) is 156 Å². The average Bonchev–Trinajstić information content (AvgIpc) is 3.08. The third kappa shape index (κ3) is 25.4. The summed E-state index contributed by atoms with van der Waals surface area (Å²) in [7, 11) is 1.96. The van der Waals surface area contributed by atoms with Gasteiger partial charge in [0.1, 0.15) is 13.2 Å². The van der Waals surface area contributed by atoms with Crippen LogP contribution in [0.3, 0.4) is 0 Å². The molecule has 3 unspecified atom stereocenters. The second-order valence-corrected chi connectivity index (χ2v) is 14.4. The summed E-state index contributed by atoms with van der Waals surface area (Å²) in [5.74, 6) is -0.504. The molecule has 284 valence electrons. The van der Waals surface area contributed by atoms with Crippen molar-refractivity contribution in [2.75, 3.05) is 39.9 Å². The van der Waals surface area contributed by atoms with Gasteiger partial charge in [-0.25, -0.2) is 0 Å². The van der Waals surface area contributed by atoms with Crippen LogP contribution in [0.2, 0.25) is 0 Å². The Kier molecular flexibility index (Phi) is 32.7. The number of quaternary nitrogens is 1. The minimum Gasteiger partial charge on any atom is -0.464 e. The van der Waals surface area contributed by atoms with E-state index in [2.05, 4.69) is 27.7 Å². The minimum atomic E-state index is -0.167. The van der Waals surface area contributed by atoms with E-state index in [-0.39, 0.29) is 48.8 Å². The lowest BCUT2D eigenvalue weighted by Gasteiger charge is -2.26. The van der Waals surface area contributed by atoms with Crippen molar-refractivity contribution in [3.8, 4) is 0 Å². The molecule has 0 aromatic rings. The van der Waals surface area contributed by atoms with E-state index in [0.29, 0.717) is 19.6 Å². The Morgan fingerprint density at radius 2 is 0.833 bits per heavy atom. The summed E-state index contributed by atoms with van der Waals surface area (Å²) in [5, 5.41) is 2.01. The van der Waals surface area contributed by atoms with Crippen molar-refractivity contribution in [1.29, 1.82) is 0 Å². The van der Waals surface area contributed by atoms with Crippen LogP contribution >= 0.6 is 0 Å². The van der Waals surface area contributed by atoms with E-state index < -0.39 is 0 Å². The van der Waals surface area contributed by atoms with E-state index in [0.717, 1.165) is 64.2 Å². The lowest BCUT2D eigenvalue weighted by atomic mass is 9.94. The molecular formula is C41H81N2O5+. The van der Waals surface area contributed by atoms with Gasteiger partial charge in [-0.3, -0.25) is 14.4 Å². The molecule has 2 N–H and O–H groups in total. The highest BCUT2D eigenvalue weighted by molar-refractivity contribution is 5.78. The Labute approximate surface area is 297 Å². The highest BCUT2D eigenvalue weighted by Gasteiger charge is 2.25. The molecule has 0 fully saturated rings. The maximum Gasteiger partial charge on any atom is 0.308 e. The number of ether oxygens (including phenoxy) is 2. The second kappa shape index (κ2) is 33.8. The van der Waals surface area contributed by atoms with Crippen LogP contribution in [-0.4, -0.2) is 62.6 Å². The van der Waals surface area contributed by atoms with E-state index >= 15 is 0 Å². The molecule has 7 nitrogen and oxygen atoms in total. The molecule has 0 aliphatic heterocycles. The molecule has 48 heavy (non-hydrogen) atoms. The molecule has 0 saturated heterocycles. The number of rotatable bonds is 35. The Bertz CT molecular complexity index is 711. The molecule has 0 heterocycles. The smallest absolute Gasteiger partial charge is 0.308 e. The van der Waals surface area contributed by atoms with Crippen LogP contribution in [-0.2, 0) is 23.9 Å². The SMILES string of the molecule is CCCCCCCCC(CCCCCC)C(=O)OCCN(CCOC(=O)C(CCCCCC)CCCCCCCC)C(=O)C(C)C[NH2+]C. The molecule has 3 atom stereocenters. The fourth-order valence-corrected chi connectivity index (χ4v) is 6.58. The highest BCUT2D eigenvalue weighted by atomic mass is 16.5. The van der Waals surface area contributed by atoms with Gasteiger partial charge in [-0.2, -0.15) is 0 Å². The van der Waals surface area contributed by atoms with Crippen molar-refractivity contribution in [2.24, 2.45) is 17.8 Å². The van der Waals surface area contributed by atoms with E-state index in [4.69, 9.17) is 9.47 Å². The first kappa shape index (κ1) is 46.4. The molecule has 1 amide bonds. The Morgan fingerprint density at radius 1 is 0.521 bits per heavy atom. The van der Waals surface area contributed by atoms with Crippen LogP contribution in [0.5, 0.6) is 0 Å². The number of hydrogen-bond donors (Lipinski definition) is 1. The van der Waals surface area contributed by atoms with Crippen LogP contribution in [0.4, 0.5) is 0 Å². The van der Waals surface area contributed by atoms with Gasteiger partial charge >= 0.3 is 11.9 Å². The number of nitrogens with zero attached hydrogens (tertiary/aromatic N) is 1. The van der Waals surface area contributed by atoms with Crippen molar-refractivity contribution in [3.05, 3.63) is 0 Å². The molecule has 0 aromatic heterocycles. The van der Waals surface area contributed by atoms with Crippen LogP contribution in [0.1, 0.15) is 189 Å². The van der Waals surface area contributed by atoms with Crippen molar-refractivity contribution in [2.45, 2.75) is 189 Å². The van der Waals surface area contributed by atoms with Crippen molar-refractivity contribution in [1.82, 2.24) is 4.90 Å². The Hall–Kier alpha value is -1.63. The average molecular weight is 682 g/mol. The normalized spacial score (nSPS) is 13.2. The third-order valence-corrected chi connectivity index (χ3v) is 9.82. The van der Waals surface area contributed by atoms with Gasteiger partial charge in [0, 0.05) is 0 Å². The molecule has 0 radical (unpaired) electrons. The first-order valence-corrected chi connectivity index (χ1v) is 20.8. The van der Waals surface area contributed by atoms with Crippen LogP contribution < -0.4 is 5.32 Å². The fraction of sp³-hybridized carbons (Fsp3) is 0.927. The topological polar surface area (TPSA) is 89.5 Å². The molecule has 0 spiro atoms. The predicted molar refractivity (Wildman–Crippen MR) is 201 cm³/mol. The summed E-state index contributed by atoms with van der Waals surface area (Å²) in [6.45, 7) is 12.5. The summed E-state index contributed by atoms with van der Waals surface area (Å²) in [5.41, 5.74) is 0. The van der Waals surface area contributed by atoms with Gasteiger partial charge in [0.25, 0.3) is 0 Å². The zero-order chi connectivity index (χ0) is 35.7. The van der Waals surface area contributed by atoms with Crippen molar-refractivity contribution >= 4 is 17.8 Å². The van der Waals surface area contributed by atoms with E-state index in [1.165, 1.54) is 89.9 Å². The van der Waals surface area contributed by atoms with Gasteiger partial charge in [-0.05, 0) is 32.6 Å². The maximum absolute atomic E-state index is 13.4. The van der Waals surface area contributed by atoms with Crippen LogP contribution in [0.25, 0.3) is 0 Å². The molecular weight excluding hydrogens is 600 g/mol. The molecule has 0 aromatic carbocycles. The maximum atomic E-state index is 13.4.